The standard InChI is InChI=1S/C16H21N3O/c1-4-19(5-2)15-8-6-14(7-9-15)17-16(20)13-10-11-18(3)12-13/h6-12H,4-5H2,1-3H3,(H,17,20). The normalized spacial score (nSPS) is 10.3. The van der Waals surface area contributed by atoms with Crippen molar-refractivity contribution in [1.82, 2.24) is 4.57 Å². The molecule has 4 heteroatoms. The highest BCUT2D eigenvalue weighted by Gasteiger charge is 2.07. The van der Waals surface area contributed by atoms with Gasteiger partial charge >= 0.3 is 0 Å². The zero-order chi connectivity index (χ0) is 14.5. The summed E-state index contributed by atoms with van der Waals surface area (Å²) in [6.07, 6.45) is 3.66. The molecule has 20 heavy (non-hydrogen) atoms. The van der Waals surface area contributed by atoms with E-state index in [0.717, 1.165) is 18.8 Å². The molecule has 1 N–H and O–H groups in total. The van der Waals surface area contributed by atoms with E-state index in [0.29, 0.717) is 5.56 Å². The van der Waals surface area contributed by atoms with Crippen LogP contribution in [-0.2, 0) is 7.05 Å². The number of amides is 1. The molecule has 1 aromatic carbocycles. The number of hydrogen-bond acceptors (Lipinski definition) is 2. The van der Waals surface area contributed by atoms with Crippen LogP contribution in [0.3, 0.4) is 0 Å². The van der Waals surface area contributed by atoms with Gasteiger partial charge in [0, 0.05) is 43.9 Å². The minimum atomic E-state index is -0.0822. The summed E-state index contributed by atoms with van der Waals surface area (Å²) in [5.74, 6) is -0.0822. The first-order valence-electron chi connectivity index (χ1n) is 6.92. The summed E-state index contributed by atoms with van der Waals surface area (Å²) >= 11 is 0. The van der Waals surface area contributed by atoms with E-state index in [-0.39, 0.29) is 5.91 Å². The van der Waals surface area contributed by atoms with E-state index >= 15 is 0 Å². The van der Waals surface area contributed by atoms with Crippen molar-refractivity contribution in [2.75, 3.05) is 23.3 Å². The first-order chi connectivity index (χ1) is 9.63. The maximum atomic E-state index is 12.0. The molecule has 4 nitrogen and oxygen atoms in total. The molecule has 1 heterocycles. The van der Waals surface area contributed by atoms with Gasteiger partial charge in [0.2, 0.25) is 0 Å². The second kappa shape index (κ2) is 6.28. The molecule has 0 saturated carbocycles. The summed E-state index contributed by atoms with van der Waals surface area (Å²) in [5.41, 5.74) is 2.66. The number of carbonyl (C=O) groups is 1. The SMILES string of the molecule is CCN(CC)c1ccc(NC(=O)c2ccn(C)c2)cc1. The summed E-state index contributed by atoms with van der Waals surface area (Å²) in [4.78, 5) is 14.3. The quantitative estimate of drug-likeness (QED) is 0.907. The second-order valence-electron chi connectivity index (χ2n) is 4.74. The molecular weight excluding hydrogens is 250 g/mol. The number of aryl methyl sites for hydroxylation is 1. The highest BCUT2D eigenvalue weighted by atomic mass is 16.1. The van der Waals surface area contributed by atoms with Gasteiger partial charge in [-0.15, -0.1) is 0 Å². The van der Waals surface area contributed by atoms with Gasteiger partial charge in [-0.05, 0) is 44.2 Å². The lowest BCUT2D eigenvalue weighted by molar-refractivity contribution is 0.102. The van der Waals surface area contributed by atoms with Crippen molar-refractivity contribution < 1.29 is 4.79 Å². The van der Waals surface area contributed by atoms with Gasteiger partial charge in [-0.1, -0.05) is 0 Å². The zero-order valence-electron chi connectivity index (χ0n) is 12.3. The van der Waals surface area contributed by atoms with Gasteiger partial charge in [-0.25, -0.2) is 0 Å². The topological polar surface area (TPSA) is 37.3 Å². The number of nitrogens with zero attached hydrogens (tertiary/aromatic N) is 2. The second-order valence-corrected chi connectivity index (χ2v) is 4.74. The highest BCUT2D eigenvalue weighted by Crippen LogP contribution is 2.18. The Bertz CT molecular complexity index is 568. The van der Waals surface area contributed by atoms with Gasteiger partial charge in [0.1, 0.15) is 0 Å². The maximum absolute atomic E-state index is 12.0. The number of benzene rings is 1. The monoisotopic (exact) mass is 271 g/mol. The molecule has 0 aliphatic heterocycles. The summed E-state index contributed by atoms with van der Waals surface area (Å²) < 4.78 is 1.86. The molecule has 0 fully saturated rings. The van der Waals surface area contributed by atoms with Crippen molar-refractivity contribution in [3.63, 3.8) is 0 Å². The smallest absolute Gasteiger partial charge is 0.257 e. The van der Waals surface area contributed by atoms with Crippen LogP contribution >= 0.6 is 0 Å². The summed E-state index contributed by atoms with van der Waals surface area (Å²) in [6.45, 7) is 6.22. The first-order valence-corrected chi connectivity index (χ1v) is 6.92. The Hall–Kier alpha value is -2.23. The van der Waals surface area contributed by atoms with Gasteiger partial charge < -0.3 is 14.8 Å². The van der Waals surface area contributed by atoms with Crippen molar-refractivity contribution in [3.05, 3.63) is 48.3 Å². The average Bonchev–Trinajstić information content (AvgIpc) is 2.89. The van der Waals surface area contributed by atoms with Gasteiger partial charge in [-0.3, -0.25) is 4.79 Å². The molecule has 1 aromatic heterocycles. The molecule has 1 amide bonds. The molecule has 0 radical (unpaired) electrons. The van der Waals surface area contributed by atoms with Crippen LogP contribution in [0.2, 0.25) is 0 Å². The molecule has 2 rings (SSSR count). The third-order valence-corrected chi connectivity index (χ3v) is 3.35. The average molecular weight is 271 g/mol. The maximum Gasteiger partial charge on any atom is 0.257 e. The largest absolute Gasteiger partial charge is 0.372 e. The fourth-order valence-corrected chi connectivity index (χ4v) is 2.19. The number of hydrogen-bond donors (Lipinski definition) is 1. The van der Waals surface area contributed by atoms with Crippen LogP contribution in [0.15, 0.2) is 42.7 Å². The lowest BCUT2D eigenvalue weighted by Gasteiger charge is -2.21. The summed E-state index contributed by atoms with van der Waals surface area (Å²) in [7, 11) is 1.90. The van der Waals surface area contributed by atoms with Crippen molar-refractivity contribution in [1.29, 1.82) is 0 Å². The van der Waals surface area contributed by atoms with Gasteiger partial charge in [0.15, 0.2) is 0 Å². The van der Waals surface area contributed by atoms with Crippen LogP contribution in [0.1, 0.15) is 24.2 Å². The van der Waals surface area contributed by atoms with Crippen LogP contribution < -0.4 is 10.2 Å². The van der Waals surface area contributed by atoms with Gasteiger partial charge in [-0.2, -0.15) is 0 Å². The summed E-state index contributed by atoms with van der Waals surface area (Å²) in [6, 6.07) is 9.75. The predicted molar refractivity (Wildman–Crippen MR) is 83.4 cm³/mol. The lowest BCUT2D eigenvalue weighted by Crippen LogP contribution is -2.21. The first kappa shape index (κ1) is 14.2. The molecule has 2 aromatic rings. The number of nitrogens with one attached hydrogen (secondary N) is 1. The molecule has 0 aliphatic rings. The van der Waals surface area contributed by atoms with E-state index in [9.17, 15) is 4.79 Å². The van der Waals surface area contributed by atoms with Crippen LogP contribution in [0.5, 0.6) is 0 Å². The molecule has 0 aliphatic carbocycles. The fraction of sp³-hybridized carbons (Fsp3) is 0.312. The van der Waals surface area contributed by atoms with Crippen LogP contribution in [0.4, 0.5) is 11.4 Å². The Morgan fingerprint density at radius 1 is 1.15 bits per heavy atom. The molecule has 0 bridgehead atoms. The minimum Gasteiger partial charge on any atom is -0.372 e. The number of anilines is 2. The zero-order valence-corrected chi connectivity index (χ0v) is 12.3. The Kier molecular flexibility index (Phi) is 4.45. The van der Waals surface area contributed by atoms with Crippen molar-refractivity contribution in [3.8, 4) is 0 Å². The third kappa shape index (κ3) is 3.20. The van der Waals surface area contributed by atoms with Crippen molar-refractivity contribution in [2.24, 2.45) is 7.05 Å². The number of carbonyl (C=O) groups excluding carboxylic acids is 1. The molecule has 0 unspecified atom stereocenters. The highest BCUT2D eigenvalue weighted by molar-refractivity contribution is 6.04. The van der Waals surface area contributed by atoms with Gasteiger partial charge in [0.25, 0.3) is 5.91 Å². The lowest BCUT2D eigenvalue weighted by atomic mass is 10.2. The Morgan fingerprint density at radius 2 is 1.80 bits per heavy atom. The van der Waals surface area contributed by atoms with Crippen molar-refractivity contribution in [2.45, 2.75) is 13.8 Å². The minimum absolute atomic E-state index is 0.0822. The van der Waals surface area contributed by atoms with Crippen LogP contribution in [0.25, 0.3) is 0 Å². The Morgan fingerprint density at radius 3 is 2.30 bits per heavy atom. The number of aromatic nitrogens is 1. The molecule has 0 saturated heterocycles. The van der Waals surface area contributed by atoms with Crippen LogP contribution in [-0.4, -0.2) is 23.6 Å². The van der Waals surface area contributed by atoms with Gasteiger partial charge in [0.05, 0.1) is 5.56 Å². The molecule has 106 valence electrons. The van der Waals surface area contributed by atoms with Crippen molar-refractivity contribution >= 4 is 17.3 Å². The molecular formula is C16H21N3O. The Labute approximate surface area is 120 Å². The van der Waals surface area contributed by atoms with E-state index in [1.807, 2.05) is 42.1 Å². The van der Waals surface area contributed by atoms with Crippen LogP contribution in [0, 0.1) is 0 Å². The van der Waals surface area contributed by atoms with E-state index in [2.05, 4.69) is 24.1 Å². The fourth-order valence-electron chi connectivity index (χ4n) is 2.19. The van der Waals surface area contributed by atoms with E-state index in [1.54, 1.807) is 12.3 Å². The van der Waals surface area contributed by atoms with E-state index in [1.165, 1.54) is 5.69 Å². The predicted octanol–water partition coefficient (Wildman–Crippen LogP) is 3.12. The summed E-state index contributed by atoms with van der Waals surface area (Å²) in [5, 5.41) is 2.90. The third-order valence-electron chi connectivity index (χ3n) is 3.35. The number of rotatable bonds is 5. The molecule has 0 spiro atoms. The van der Waals surface area contributed by atoms with E-state index < -0.39 is 0 Å². The Balaban J connectivity index is 2.05. The molecule has 0 atom stereocenters. The van der Waals surface area contributed by atoms with E-state index in [4.69, 9.17) is 0 Å².